The molecule has 1 unspecified atom stereocenters. The summed E-state index contributed by atoms with van der Waals surface area (Å²) in [6, 6.07) is -0.575. The van der Waals surface area contributed by atoms with Gasteiger partial charge in [-0.15, -0.1) is 0 Å². The molecular formula is C11H20N2O3S. The molecule has 1 fully saturated rings. The van der Waals surface area contributed by atoms with Crippen molar-refractivity contribution < 1.29 is 14.7 Å². The minimum absolute atomic E-state index is 0.171. The number of nitrogens with one attached hydrogen (secondary N) is 2. The summed E-state index contributed by atoms with van der Waals surface area (Å²) < 4.78 is 0. The SMILES string of the molecule is CCC[C@H](NC(=O)CC1CSCCN1)C(=O)O. The Hall–Kier alpha value is -0.750. The van der Waals surface area contributed by atoms with Crippen molar-refractivity contribution in [3.05, 3.63) is 0 Å². The van der Waals surface area contributed by atoms with Gasteiger partial charge in [0.05, 0.1) is 0 Å². The Kier molecular flexibility index (Phi) is 6.36. The van der Waals surface area contributed by atoms with Crippen LogP contribution in [0.2, 0.25) is 0 Å². The molecule has 0 aromatic carbocycles. The summed E-state index contributed by atoms with van der Waals surface area (Å²) >= 11 is 1.82. The zero-order valence-corrected chi connectivity index (χ0v) is 10.9. The van der Waals surface area contributed by atoms with Crippen LogP contribution < -0.4 is 10.6 Å². The van der Waals surface area contributed by atoms with Gasteiger partial charge in [0.1, 0.15) is 6.04 Å². The number of carboxylic acids is 1. The lowest BCUT2D eigenvalue weighted by Gasteiger charge is -2.23. The largest absolute Gasteiger partial charge is 0.480 e. The predicted molar refractivity (Wildman–Crippen MR) is 68.2 cm³/mol. The number of hydrogen-bond donors (Lipinski definition) is 3. The van der Waals surface area contributed by atoms with Gasteiger partial charge in [-0.1, -0.05) is 13.3 Å². The van der Waals surface area contributed by atoms with Crippen molar-refractivity contribution in [3.8, 4) is 0 Å². The van der Waals surface area contributed by atoms with Crippen LogP contribution in [0.1, 0.15) is 26.2 Å². The number of carbonyl (C=O) groups is 2. The number of amides is 1. The van der Waals surface area contributed by atoms with Crippen LogP contribution in [0.3, 0.4) is 0 Å². The lowest BCUT2D eigenvalue weighted by molar-refractivity contribution is -0.142. The molecule has 98 valence electrons. The van der Waals surface area contributed by atoms with Gasteiger partial charge in [-0.2, -0.15) is 11.8 Å². The molecule has 0 aromatic heterocycles. The van der Waals surface area contributed by atoms with Crippen molar-refractivity contribution in [2.45, 2.75) is 38.3 Å². The lowest BCUT2D eigenvalue weighted by Crippen LogP contribution is -2.45. The third kappa shape index (κ3) is 5.41. The van der Waals surface area contributed by atoms with E-state index in [1.165, 1.54) is 0 Å². The fraction of sp³-hybridized carbons (Fsp3) is 0.818. The predicted octanol–water partition coefficient (Wildman–Crippen LogP) is 0.451. The summed E-state index contributed by atoms with van der Waals surface area (Å²) in [5.41, 5.74) is 0. The van der Waals surface area contributed by atoms with Crippen LogP contribution in [-0.4, -0.2) is 47.1 Å². The Morgan fingerprint density at radius 1 is 1.59 bits per heavy atom. The number of rotatable bonds is 6. The van der Waals surface area contributed by atoms with Crippen LogP contribution in [0.5, 0.6) is 0 Å². The minimum atomic E-state index is -0.953. The zero-order valence-electron chi connectivity index (χ0n) is 10.1. The normalized spacial score (nSPS) is 21.8. The van der Waals surface area contributed by atoms with E-state index < -0.39 is 12.0 Å². The second kappa shape index (κ2) is 7.55. The second-order valence-corrected chi connectivity index (χ2v) is 5.33. The smallest absolute Gasteiger partial charge is 0.326 e. The van der Waals surface area contributed by atoms with E-state index in [4.69, 9.17) is 5.11 Å². The fourth-order valence-electron chi connectivity index (χ4n) is 1.77. The lowest BCUT2D eigenvalue weighted by atomic mass is 10.1. The van der Waals surface area contributed by atoms with Crippen molar-refractivity contribution in [2.75, 3.05) is 18.1 Å². The molecule has 0 saturated carbocycles. The molecule has 0 aromatic rings. The van der Waals surface area contributed by atoms with E-state index in [1.807, 2.05) is 18.7 Å². The molecule has 0 spiro atoms. The molecule has 1 rings (SSSR count). The molecule has 3 N–H and O–H groups in total. The number of aliphatic carboxylic acids is 1. The van der Waals surface area contributed by atoms with Crippen LogP contribution in [0.25, 0.3) is 0 Å². The van der Waals surface area contributed by atoms with Crippen LogP contribution >= 0.6 is 11.8 Å². The average molecular weight is 260 g/mol. The highest BCUT2D eigenvalue weighted by Gasteiger charge is 2.22. The van der Waals surface area contributed by atoms with E-state index in [2.05, 4.69) is 10.6 Å². The van der Waals surface area contributed by atoms with Gasteiger partial charge in [-0.25, -0.2) is 4.79 Å². The number of thioether (sulfide) groups is 1. The molecule has 1 saturated heterocycles. The molecule has 6 heteroatoms. The summed E-state index contributed by atoms with van der Waals surface area (Å²) in [4.78, 5) is 22.6. The van der Waals surface area contributed by atoms with Gasteiger partial charge in [0.15, 0.2) is 0 Å². The van der Waals surface area contributed by atoms with Crippen LogP contribution in [0.4, 0.5) is 0 Å². The van der Waals surface area contributed by atoms with Crippen molar-refractivity contribution in [1.82, 2.24) is 10.6 Å². The minimum Gasteiger partial charge on any atom is -0.480 e. The van der Waals surface area contributed by atoms with E-state index in [9.17, 15) is 9.59 Å². The molecule has 1 aliphatic heterocycles. The summed E-state index contributed by atoms with van der Waals surface area (Å²) in [6.45, 7) is 2.82. The third-order valence-corrected chi connectivity index (χ3v) is 3.77. The Balaban J connectivity index is 2.33. The standard InChI is InChI=1S/C11H20N2O3S/c1-2-3-9(11(15)16)13-10(14)6-8-7-17-5-4-12-8/h8-9,12H,2-7H2,1H3,(H,13,14)(H,15,16)/t8?,9-/m0/s1. The first-order chi connectivity index (χ1) is 8.13. The van der Waals surface area contributed by atoms with E-state index in [0.29, 0.717) is 12.8 Å². The van der Waals surface area contributed by atoms with Crippen molar-refractivity contribution >= 4 is 23.6 Å². The Morgan fingerprint density at radius 2 is 2.35 bits per heavy atom. The molecule has 0 radical (unpaired) electrons. The van der Waals surface area contributed by atoms with Gasteiger partial charge in [-0.05, 0) is 6.42 Å². The second-order valence-electron chi connectivity index (χ2n) is 4.18. The molecule has 5 nitrogen and oxygen atoms in total. The zero-order chi connectivity index (χ0) is 12.7. The Bertz CT molecular complexity index is 267. The van der Waals surface area contributed by atoms with Gasteiger partial charge in [-0.3, -0.25) is 4.79 Å². The number of carboxylic acid groups (broad SMARTS) is 1. The van der Waals surface area contributed by atoms with E-state index in [-0.39, 0.29) is 11.9 Å². The number of hydrogen-bond acceptors (Lipinski definition) is 4. The first-order valence-corrected chi connectivity index (χ1v) is 7.12. The maximum absolute atomic E-state index is 11.7. The van der Waals surface area contributed by atoms with Gasteiger partial charge in [0.2, 0.25) is 5.91 Å². The molecular weight excluding hydrogens is 240 g/mol. The summed E-state index contributed by atoms with van der Waals surface area (Å²) in [6.07, 6.45) is 1.59. The monoisotopic (exact) mass is 260 g/mol. The Morgan fingerprint density at radius 3 is 2.88 bits per heavy atom. The number of carbonyl (C=O) groups excluding carboxylic acids is 1. The van der Waals surface area contributed by atoms with Crippen LogP contribution in [0.15, 0.2) is 0 Å². The van der Waals surface area contributed by atoms with Crippen molar-refractivity contribution in [1.29, 1.82) is 0 Å². The van der Waals surface area contributed by atoms with E-state index in [1.54, 1.807) is 0 Å². The van der Waals surface area contributed by atoms with Gasteiger partial charge in [0, 0.05) is 30.5 Å². The molecule has 0 aliphatic carbocycles. The molecule has 17 heavy (non-hydrogen) atoms. The average Bonchev–Trinajstić information content (AvgIpc) is 2.29. The molecule has 1 heterocycles. The maximum Gasteiger partial charge on any atom is 0.326 e. The first kappa shape index (κ1) is 14.3. The highest BCUT2D eigenvalue weighted by atomic mass is 32.2. The van der Waals surface area contributed by atoms with Gasteiger partial charge >= 0.3 is 5.97 Å². The maximum atomic E-state index is 11.7. The fourth-order valence-corrected chi connectivity index (χ4v) is 2.72. The van der Waals surface area contributed by atoms with Crippen LogP contribution in [-0.2, 0) is 9.59 Å². The highest BCUT2D eigenvalue weighted by Crippen LogP contribution is 2.10. The van der Waals surface area contributed by atoms with E-state index in [0.717, 1.165) is 24.5 Å². The topological polar surface area (TPSA) is 78.4 Å². The van der Waals surface area contributed by atoms with Crippen molar-refractivity contribution in [2.24, 2.45) is 0 Å². The quantitative estimate of drug-likeness (QED) is 0.646. The first-order valence-electron chi connectivity index (χ1n) is 5.96. The third-order valence-electron chi connectivity index (χ3n) is 2.64. The molecule has 0 bridgehead atoms. The highest BCUT2D eigenvalue weighted by molar-refractivity contribution is 7.99. The van der Waals surface area contributed by atoms with E-state index >= 15 is 0 Å². The molecule has 1 aliphatic rings. The Labute approximate surface area is 106 Å². The van der Waals surface area contributed by atoms with Gasteiger partial charge < -0.3 is 15.7 Å². The van der Waals surface area contributed by atoms with Gasteiger partial charge in [0.25, 0.3) is 0 Å². The summed E-state index contributed by atoms with van der Waals surface area (Å²) in [5, 5.41) is 14.8. The molecule has 2 atom stereocenters. The summed E-state index contributed by atoms with van der Waals surface area (Å²) in [5.74, 6) is 0.863. The van der Waals surface area contributed by atoms with Crippen LogP contribution in [0, 0.1) is 0 Å². The van der Waals surface area contributed by atoms with Crippen molar-refractivity contribution in [3.63, 3.8) is 0 Å². The molecule has 1 amide bonds. The summed E-state index contributed by atoms with van der Waals surface area (Å²) in [7, 11) is 0.